The van der Waals surface area contributed by atoms with Crippen LogP contribution in [0, 0.1) is 0 Å². The largest absolute Gasteiger partial charge is 0.490 e. The van der Waals surface area contributed by atoms with Crippen molar-refractivity contribution in [3.05, 3.63) is 101 Å². The first-order chi connectivity index (χ1) is 14.6. The number of benzene rings is 3. The van der Waals surface area contributed by atoms with Gasteiger partial charge in [0.2, 0.25) is 0 Å². The summed E-state index contributed by atoms with van der Waals surface area (Å²) < 4.78 is 16.0. The molecule has 30 heavy (non-hydrogen) atoms. The van der Waals surface area contributed by atoms with Crippen LogP contribution in [0.5, 0.6) is 11.5 Å². The predicted molar refractivity (Wildman–Crippen MR) is 115 cm³/mol. The van der Waals surface area contributed by atoms with E-state index in [2.05, 4.69) is 0 Å². The van der Waals surface area contributed by atoms with E-state index in [1.807, 2.05) is 36.4 Å². The molecule has 0 spiro atoms. The average molecular weight is 423 g/mol. The molecule has 6 heteroatoms. The summed E-state index contributed by atoms with van der Waals surface area (Å²) in [7, 11) is 0. The van der Waals surface area contributed by atoms with Gasteiger partial charge in [0, 0.05) is 11.1 Å². The molecule has 0 fully saturated rings. The smallest absolute Gasteiger partial charge is 0.342 e. The lowest BCUT2D eigenvalue weighted by atomic mass is 10.2. The Morgan fingerprint density at radius 2 is 1.53 bits per heavy atom. The van der Waals surface area contributed by atoms with Crippen LogP contribution in [-0.4, -0.2) is 25.2 Å². The zero-order valence-electron chi connectivity index (χ0n) is 16.0. The van der Waals surface area contributed by atoms with E-state index in [1.54, 1.807) is 36.4 Å². The Labute approximate surface area is 179 Å². The first-order valence-corrected chi connectivity index (χ1v) is 9.60. The topological polar surface area (TPSA) is 61.8 Å². The summed E-state index contributed by atoms with van der Waals surface area (Å²) in [6.45, 7) is 0.265. The maximum Gasteiger partial charge on any atom is 0.342 e. The molecule has 0 heterocycles. The minimum atomic E-state index is -0.636. The van der Waals surface area contributed by atoms with Gasteiger partial charge < -0.3 is 14.2 Å². The fourth-order valence-electron chi connectivity index (χ4n) is 2.52. The highest BCUT2D eigenvalue weighted by atomic mass is 35.5. The Bertz CT molecular complexity index is 1030. The third-order valence-electron chi connectivity index (χ3n) is 3.95. The maximum absolute atomic E-state index is 12.4. The number of rotatable bonds is 8. The molecule has 3 aromatic rings. The molecule has 0 bridgehead atoms. The van der Waals surface area contributed by atoms with E-state index in [4.69, 9.17) is 25.8 Å². The van der Waals surface area contributed by atoms with Crippen LogP contribution in [0.2, 0.25) is 5.02 Å². The van der Waals surface area contributed by atoms with Crippen molar-refractivity contribution in [2.24, 2.45) is 0 Å². The van der Waals surface area contributed by atoms with Gasteiger partial charge >= 0.3 is 11.9 Å². The molecule has 0 N–H and O–H groups in total. The maximum atomic E-state index is 12.4. The molecule has 0 radical (unpaired) electrons. The second kappa shape index (κ2) is 10.8. The predicted octanol–water partition coefficient (Wildman–Crippen LogP) is 5.19. The molecular weight excluding hydrogens is 404 g/mol. The number of esters is 2. The molecule has 0 unspecified atom stereocenters. The van der Waals surface area contributed by atoms with Crippen molar-refractivity contribution in [1.82, 2.24) is 0 Å². The summed E-state index contributed by atoms with van der Waals surface area (Å²) in [6, 6.07) is 22.7. The Morgan fingerprint density at radius 1 is 0.833 bits per heavy atom. The lowest BCUT2D eigenvalue weighted by Gasteiger charge is -2.10. The van der Waals surface area contributed by atoms with Crippen LogP contribution in [0.4, 0.5) is 0 Å². The van der Waals surface area contributed by atoms with Crippen molar-refractivity contribution in [2.75, 3.05) is 13.2 Å². The SMILES string of the molecule is O=C(/C=C/c1ccccc1Cl)Oc1ccccc1C(=O)OCCOc1ccccc1. The summed E-state index contributed by atoms with van der Waals surface area (Å²) in [5.74, 6) is -0.443. The molecule has 5 nitrogen and oxygen atoms in total. The van der Waals surface area contributed by atoms with Gasteiger partial charge in [0.1, 0.15) is 30.3 Å². The van der Waals surface area contributed by atoms with Gasteiger partial charge in [-0.05, 0) is 42.0 Å². The molecular formula is C24H19ClO5. The molecule has 0 aliphatic heterocycles. The first kappa shape index (κ1) is 21.1. The van der Waals surface area contributed by atoms with E-state index in [0.717, 1.165) is 0 Å². The fourth-order valence-corrected chi connectivity index (χ4v) is 2.72. The van der Waals surface area contributed by atoms with Crippen LogP contribution in [0.1, 0.15) is 15.9 Å². The number of halogens is 1. The molecule has 3 rings (SSSR count). The van der Waals surface area contributed by atoms with Gasteiger partial charge in [0.05, 0.1) is 0 Å². The Hall–Kier alpha value is -3.57. The van der Waals surface area contributed by atoms with Crippen molar-refractivity contribution in [3.63, 3.8) is 0 Å². The molecule has 0 saturated heterocycles. The molecule has 0 aromatic heterocycles. The van der Waals surface area contributed by atoms with Crippen molar-refractivity contribution in [3.8, 4) is 11.5 Å². The van der Waals surface area contributed by atoms with Crippen LogP contribution in [0.25, 0.3) is 6.08 Å². The molecule has 3 aromatic carbocycles. The van der Waals surface area contributed by atoms with E-state index < -0.39 is 11.9 Å². The monoisotopic (exact) mass is 422 g/mol. The quantitative estimate of drug-likeness (QED) is 0.216. The molecule has 0 amide bonds. The lowest BCUT2D eigenvalue weighted by Crippen LogP contribution is -2.14. The van der Waals surface area contributed by atoms with Crippen molar-refractivity contribution < 1.29 is 23.8 Å². The summed E-state index contributed by atoms with van der Waals surface area (Å²) >= 11 is 6.06. The first-order valence-electron chi connectivity index (χ1n) is 9.22. The van der Waals surface area contributed by atoms with Gasteiger partial charge in [0.15, 0.2) is 0 Å². The van der Waals surface area contributed by atoms with Gasteiger partial charge in [-0.25, -0.2) is 9.59 Å². The number of hydrogen-bond acceptors (Lipinski definition) is 5. The van der Waals surface area contributed by atoms with Crippen molar-refractivity contribution in [1.29, 1.82) is 0 Å². The Balaban J connectivity index is 1.56. The van der Waals surface area contributed by atoms with E-state index in [0.29, 0.717) is 16.3 Å². The third-order valence-corrected chi connectivity index (χ3v) is 4.29. The summed E-state index contributed by atoms with van der Waals surface area (Å²) in [5.41, 5.74) is 0.832. The minimum absolute atomic E-state index is 0.0580. The highest BCUT2D eigenvalue weighted by Gasteiger charge is 2.15. The van der Waals surface area contributed by atoms with Crippen molar-refractivity contribution in [2.45, 2.75) is 0 Å². The van der Waals surface area contributed by atoms with E-state index in [-0.39, 0.29) is 24.5 Å². The highest BCUT2D eigenvalue weighted by Crippen LogP contribution is 2.20. The molecule has 0 saturated carbocycles. The minimum Gasteiger partial charge on any atom is -0.490 e. The summed E-state index contributed by atoms with van der Waals surface area (Å²) in [4.78, 5) is 24.5. The van der Waals surface area contributed by atoms with E-state index in [9.17, 15) is 9.59 Å². The molecule has 152 valence electrons. The lowest BCUT2D eigenvalue weighted by molar-refractivity contribution is -0.128. The van der Waals surface area contributed by atoms with E-state index >= 15 is 0 Å². The van der Waals surface area contributed by atoms with Gasteiger partial charge in [-0.15, -0.1) is 0 Å². The molecule has 0 aliphatic rings. The zero-order chi connectivity index (χ0) is 21.2. The molecule has 0 aliphatic carbocycles. The summed E-state index contributed by atoms with van der Waals surface area (Å²) in [5, 5.41) is 0.517. The number of hydrogen-bond donors (Lipinski definition) is 0. The Morgan fingerprint density at radius 3 is 2.33 bits per heavy atom. The van der Waals surface area contributed by atoms with E-state index in [1.165, 1.54) is 18.2 Å². The highest BCUT2D eigenvalue weighted by molar-refractivity contribution is 6.32. The van der Waals surface area contributed by atoms with Crippen LogP contribution in [0.3, 0.4) is 0 Å². The van der Waals surface area contributed by atoms with Gasteiger partial charge in [0.25, 0.3) is 0 Å². The Kier molecular flexibility index (Phi) is 7.64. The number of carbonyl (C=O) groups excluding carboxylic acids is 2. The van der Waals surface area contributed by atoms with Crippen LogP contribution in [0.15, 0.2) is 84.9 Å². The zero-order valence-corrected chi connectivity index (χ0v) is 16.7. The normalized spacial score (nSPS) is 10.6. The van der Waals surface area contributed by atoms with Gasteiger partial charge in [-0.1, -0.05) is 60.1 Å². The second-order valence-corrected chi connectivity index (χ2v) is 6.48. The fraction of sp³-hybridized carbons (Fsp3) is 0.0833. The molecule has 0 atom stereocenters. The van der Waals surface area contributed by atoms with Crippen LogP contribution < -0.4 is 9.47 Å². The number of para-hydroxylation sites is 2. The van der Waals surface area contributed by atoms with Gasteiger partial charge in [-0.3, -0.25) is 0 Å². The average Bonchev–Trinajstić information content (AvgIpc) is 2.77. The second-order valence-electron chi connectivity index (χ2n) is 6.07. The summed E-state index contributed by atoms with van der Waals surface area (Å²) in [6.07, 6.45) is 2.80. The van der Waals surface area contributed by atoms with Crippen LogP contribution >= 0.6 is 11.6 Å². The van der Waals surface area contributed by atoms with Gasteiger partial charge in [-0.2, -0.15) is 0 Å². The van der Waals surface area contributed by atoms with Crippen molar-refractivity contribution >= 4 is 29.6 Å². The van der Waals surface area contributed by atoms with Crippen LogP contribution in [-0.2, 0) is 9.53 Å². The number of ether oxygens (including phenoxy) is 3. The standard InChI is InChI=1S/C24H19ClO5/c25-21-12-6-4-8-18(21)14-15-23(26)30-22-13-7-5-11-20(22)24(27)29-17-16-28-19-9-2-1-3-10-19/h1-15H,16-17H2/b15-14+. The third kappa shape index (κ3) is 6.22. The number of carbonyl (C=O) groups is 2.